The van der Waals surface area contributed by atoms with Crippen LogP contribution in [-0.2, 0) is 9.59 Å². The van der Waals surface area contributed by atoms with Gasteiger partial charge in [0.05, 0.1) is 11.9 Å². The first-order chi connectivity index (χ1) is 5.22. The smallest absolute Gasteiger partial charge is 0.141 e. The molecule has 0 aromatic rings. The summed E-state index contributed by atoms with van der Waals surface area (Å²) >= 11 is 0. The molecule has 0 aromatic carbocycles. The number of carbonyl (C=O) groups is 2. The summed E-state index contributed by atoms with van der Waals surface area (Å²) in [6, 6.07) is 0. The fraction of sp³-hybridized carbons (Fsp3) is 0.750. The zero-order chi connectivity index (χ0) is 8.27. The molecule has 0 heterocycles. The predicted molar refractivity (Wildman–Crippen MR) is 36.6 cm³/mol. The van der Waals surface area contributed by atoms with Gasteiger partial charge in [0.1, 0.15) is 5.78 Å². The van der Waals surface area contributed by atoms with Crippen LogP contribution in [0.5, 0.6) is 0 Å². The van der Waals surface area contributed by atoms with Crippen LogP contribution in [-0.4, -0.2) is 11.8 Å². The van der Waals surface area contributed by atoms with Gasteiger partial charge in [-0.3, -0.25) is 4.79 Å². The van der Waals surface area contributed by atoms with Crippen LogP contribution in [0.1, 0.15) is 32.1 Å². The number of hydrogen-bond acceptors (Lipinski definition) is 3. The minimum atomic E-state index is -1.20. The van der Waals surface area contributed by atoms with Gasteiger partial charge in [0.15, 0.2) is 0 Å². The van der Waals surface area contributed by atoms with E-state index in [0.29, 0.717) is 12.8 Å². The van der Waals surface area contributed by atoms with E-state index in [2.05, 4.69) is 0 Å². The average molecular weight is 155 g/mol. The van der Waals surface area contributed by atoms with Crippen molar-refractivity contribution in [3.8, 4) is 0 Å². The third kappa shape index (κ3) is 2.03. The summed E-state index contributed by atoms with van der Waals surface area (Å²) in [5.74, 6) is -2.17. The second kappa shape index (κ2) is 3.51. The van der Waals surface area contributed by atoms with Crippen molar-refractivity contribution in [3.63, 3.8) is 0 Å². The fourth-order valence-corrected chi connectivity index (χ4v) is 1.41. The van der Waals surface area contributed by atoms with E-state index >= 15 is 0 Å². The summed E-state index contributed by atoms with van der Waals surface area (Å²) < 4.78 is 0. The van der Waals surface area contributed by atoms with Gasteiger partial charge in [-0.15, -0.1) is 0 Å². The number of hydrogen-bond donors (Lipinski definition) is 0. The maximum absolute atomic E-state index is 11.0. The average Bonchev–Trinajstić information content (AvgIpc) is 2.13. The van der Waals surface area contributed by atoms with Crippen molar-refractivity contribution < 1.29 is 14.7 Å². The molecule has 0 spiro atoms. The Morgan fingerprint density at radius 1 is 1.36 bits per heavy atom. The van der Waals surface area contributed by atoms with Gasteiger partial charge >= 0.3 is 0 Å². The van der Waals surface area contributed by atoms with Gasteiger partial charge < -0.3 is 9.90 Å². The van der Waals surface area contributed by atoms with E-state index in [1.165, 1.54) is 0 Å². The van der Waals surface area contributed by atoms with E-state index in [-0.39, 0.29) is 5.78 Å². The van der Waals surface area contributed by atoms with E-state index in [0.717, 1.165) is 19.3 Å². The number of ketones is 1. The molecule has 1 fully saturated rings. The Balaban J connectivity index is 2.59. The van der Waals surface area contributed by atoms with Crippen LogP contribution in [0, 0.1) is 5.92 Å². The Morgan fingerprint density at radius 3 is 2.73 bits per heavy atom. The maximum atomic E-state index is 11.0. The molecule has 1 atom stereocenters. The molecule has 0 aromatic heterocycles. The van der Waals surface area contributed by atoms with Crippen molar-refractivity contribution in [2.24, 2.45) is 5.92 Å². The minimum Gasteiger partial charge on any atom is -0.549 e. The number of aliphatic carboxylic acids is 1. The van der Waals surface area contributed by atoms with Gasteiger partial charge in [-0.25, -0.2) is 0 Å². The number of Topliss-reactive ketones (excluding diaryl/α,β-unsaturated/α-hetero) is 1. The Morgan fingerprint density at radius 2 is 2.09 bits per heavy atom. The van der Waals surface area contributed by atoms with E-state index in [9.17, 15) is 14.7 Å². The van der Waals surface area contributed by atoms with E-state index in [4.69, 9.17) is 0 Å². The SMILES string of the molecule is O=C([O-])C1CCCCCC1=O. The summed E-state index contributed by atoms with van der Waals surface area (Å²) in [6.45, 7) is 0. The normalized spacial score (nSPS) is 26.2. The Bertz CT molecular complexity index is 174. The van der Waals surface area contributed by atoms with Crippen molar-refractivity contribution in [2.75, 3.05) is 0 Å². The van der Waals surface area contributed by atoms with Crippen molar-refractivity contribution in [1.82, 2.24) is 0 Å². The first-order valence-corrected chi connectivity index (χ1v) is 3.95. The summed E-state index contributed by atoms with van der Waals surface area (Å²) in [7, 11) is 0. The van der Waals surface area contributed by atoms with Crippen LogP contribution in [0.2, 0.25) is 0 Å². The van der Waals surface area contributed by atoms with Gasteiger partial charge in [0.25, 0.3) is 0 Å². The van der Waals surface area contributed by atoms with Crippen molar-refractivity contribution in [2.45, 2.75) is 32.1 Å². The molecule has 1 aliphatic rings. The summed E-state index contributed by atoms with van der Waals surface area (Å²) in [6.07, 6.45) is 3.53. The number of carboxylic acid groups (broad SMARTS) is 1. The molecule has 1 aliphatic carbocycles. The summed E-state index contributed by atoms with van der Waals surface area (Å²) in [5.41, 5.74) is 0. The first-order valence-electron chi connectivity index (χ1n) is 3.95. The molecule has 1 rings (SSSR count). The molecular weight excluding hydrogens is 144 g/mol. The van der Waals surface area contributed by atoms with Gasteiger partial charge in [-0.2, -0.15) is 0 Å². The second-order valence-electron chi connectivity index (χ2n) is 2.94. The lowest BCUT2D eigenvalue weighted by Crippen LogP contribution is -2.35. The molecule has 1 unspecified atom stereocenters. The number of carbonyl (C=O) groups excluding carboxylic acids is 2. The van der Waals surface area contributed by atoms with Crippen LogP contribution in [0.15, 0.2) is 0 Å². The molecule has 0 radical (unpaired) electrons. The molecule has 0 saturated heterocycles. The molecule has 0 bridgehead atoms. The fourth-order valence-electron chi connectivity index (χ4n) is 1.41. The van der Waals surface area contributed by atoms with Crippen molar-refractivity contribution in [1.29, 1.82) is 0 Å². The number of rotatable bonds is 1. The van der Waals surface area contributed by atoms with Gasteiger partial charge in [0.2, 0.25) is 0 Å². The van der Waals surface area contributed by atoms with E-state index in [1.807, 2.05) is 0 Å². The minimum absolute atomic E-state index is 0.150. The monoisotopic (exact) mass is 155 g/mol. The highest BCUT2D eigenvalue weighted by Gasteiger charge is 2.21. The topological polar surface area (TPSA) is 57.2 Å². The number of carboxylic acids is 1. The lowest BCUT2D eigenvalue weighted by atomic mass is 10.00. The van der Waals surface area contributed by atoms with Gasteiger partial charge in [0, 0.05) is 6.42 Å². The zero-order valence-electron chi connectivity index (χ0n) is 6.34. The van der Waals surface area contributed by atoms with E-state index in [1.54, 1.807) is 0 Å². The molecule has 0 aliphatic heterocycles. The van der Waals surface area contributed by atoms with Crippen LogP contribution >= 0.6 is 0 Å². The Hall–Kier alpha value is -0.860. The van der Waals surface area contributed by atoms with Crippen LogP contribution in [0.25, 0.3) is 0 Å². The standard InChI is InChI=1S/C8H12O3/c9-7-5-3-1-2-4-6(7)8(10)11/h6H,1-5H2,(H,10,11)/p-1. The molecule has 62 valence electrons. The van der Waals surface area contributed by atoms with Crippen molar-refractivity contribution >= 4 is 11.8 Å². The molecule has 3 nitrogen and oxygen atoms in total. The van der Waals surface area contributed by atoms with Crippen LogP contribution in [0.3, 0.4) is 0 Å². The highest BCUT2D eigenvalue weighted by atomic mass is 16.4. The van der Waals surface area contributed by atoms with Gasteiger partial charge in [-0.1, -0.05) is 12.8 Å². The highest BCUT2D eigenvalue weighted by Crippen LogP contribution is 2.19. The van der Waals surface area contributed by atoms with Crippen LogP contribution < -0.4 is 5.11 Å². The lowest BCUT2D eigenvalue weighted by molar-refractivity contribution is -0.310. The quantitative estimate of drug-likeness (QED) is 0.392. The third-order valence-electron chi connectivity index (χ3n) is 2.09. The lowest BCUT2D eigenvalue weighted by Gasteiger charge is -2.12. The largest absolute Gasteiger partial charge is 0.549 e. The summed E-state index contributed by atoms with van der Waals surface area (Å²) in [5, 5.41) is 10.4. The molecule has 3 heteroatoms. The second-order valence-corrected chi connectivity index (χ2v) is 2.94. The molecule has 0 N–H and O–H groups in total. The highest BCUT2D eigenvalue weighted by molar-refractivity contribution is 5.97. The zero-order valence-corrected chi connectivity index (χ0v) is 6.34. The van der Waals surface area contributed by atoms with Crippen LogP contribution in [0.4, 0.5) is 0 Å². The first kappa shape index (κ1) is 8.24. The Kier molecular flexibility index (Phi) is 2.63. The van der Waals surface area contributed by atoms with Crippen molar-refractivity contribution in [3.05, 3.63) is 0 Å². The third-order valence-corrected chi connectivity index (χ3v) is 2.09. The summed E-state index contributed by atoms with van der Waals surface area (Å²) in [4.78, 5) is 21.4. The van der Waals surface area contributed by atoms with Gasteiger partial charge in [-0.05, 0) is 12.8 Å². The molecular formula is C8H11O3-. The molecule has 11 heavy (non-hydrogen) atoms. The predicted octanol–water partition coefficient (Wildman–Crippen LogP) is -0.114. The molecule has 0 amide bonds. The van der Waals surface area contributed by atoms with E-state index < -0.39 is 11.9 Å². The maximum Gasteiger partial charge on any atom is 0.141 e. The molecule has 1 saturated carbocycles. The Labute approximate surface area is 65.4 Å².